The van der Waals surface area contributed by atoms with Crippen molar-refractivity contribution in [1.29, 1.82) is 5.26 Å². The Kier molecular flexibility index (Phi) is 8.70. The highest BCUT2D eigenvalue weighted by Crippen LogP contribution is 2.50. The summed E-state index contributed by atoms with van der Waals surface area (Å²) in [6.07, 6.45) is -3.86. The van der Waals surface area contributed by atoms with E-state index in [0.717, 1.165) is 18.6 Å². The molecular formula is C43H31F5N6O4. The molecule has 2 aliphatic rings. The number of rotatable bonds is 8. The molecule has 1 unspecified atom stereocenters. The van der Waals surface area contributed by atoms with E-state index in [4.69, 9.17) is 24.5 Å². The van der Waals surface area contributed by atoms with Crippen LogP contribution >= 0.6 is 0 Å². The van der Waals surface area contributed by atoms with Crippen molar-refractivity contribution in [1.82, 2.24) is 19.7 Å². The van der Waals surface area contributed by atoms with Gasteiger partial charge in [-0.05, 0) is 85.1 Å². The Morgan fingerprint density at radius 2 is 1.86 bits per heavy atom. The Labute approximate surface area is 326 Å². The fourth-order valence-electron chi connectivity index (χ4n) is 7.48. The molecule has 58 heavy (non-hydrogen) atoms. The molecule has 9 rings (SSSR count). The van der Waals surface area contributed by atoms with Crippen molar-refractivity contribution >= 4 is 33.5 Å². The molecule has 2 aromatic heterocycles. The summed E-state index contributed by atoms with van der Waals surface area (Å²) in [6.45, 7) is 4.19. The summed E-state index contributed by atoms with van der Waals surface area (Å²) >= 11 is 0. The number of nitrogens with zero attached hydrogens (tertiary/aromatic N) is 4. The summed E-state index contributed by atoms with van der Waals surface area (Å²) in [4.78, 5) is 18.2. The van der Waals surface area contributed by atoms with Gasteiger partial charge in [0.25, 0.3) is 11.7 Å². The molecule has 0 radical (unpaired) electrons. The standard InChI is InChI=1S/C43H31F5N6O4/c1-22-30-15-26(16-32(43(46,47)48)39(30)53-52-22)41(55)50-27-9-11-36-35(19-27)51-38(54(36)21-28-12-13-56-28)18-25-8-7-24(17-33(25)44)29-4-3-5-37-40(29)58-42(2,57-37)31-10-6-23(20-49)14-34(31)45/h3-11,14-17,19,28H,12-13,18,21H2,1-2H3,(H,50,55)(H,52,53)/t28-,42?/m0/s1. The number of imidazole rings is 1. The number of hydrogen-bond donors (Lipinski definition) is 2. The summed E-state index contributed by atoms with van der Waals surface area (Å²) in [5.74, 6) is -2.27. The number of halogens is 5. The van der Waals surface area contributed by atoms with Gasteiger partial charge in [-0.1, -0.05) is 24.3 Å². The number of hydrogen-bond acceptors (Lipinski definition) is 7. The third kappa shape index (κ3) is 6.45. The summed E-state index contributed by atoms with van der Waals surface area (Å²) in [5.41, 5.74) is 2.06. The van der Waals surface area contributed by atoms with Gasteiger partial charge in [0, 0.05) is 42.2 Å². The monoisotopic (exact) mass is 790 g/mol. The lowest BCUT2D eigenvalue weighted by Crippen LogP contribution is -2.32. The first-order valence-electron chi connectivity index (χ1n) is 18.3. The van der Waals surface area contributed by atoms with E-state index in [2.05, 4.69) is 15.5 Å². The average Bonchev–Trinajstić information content (AvgIpc) is 3.84. The Balaban J connectivity index is 0.993. The van der Waals surface area contributed by atoms with Gasteiger partial charge < -0.3 is 24.1 Å². The number of carbonyl (C=O) groups excluding carboxylic acids is 1. The predicted octanol–water partition coefficient (Wildman–Crippen LogP) is 9.33. The number of para-hydroxylation sites is 1. The number of alkyl halides is 3. The van der Waals surface area contributed by atoms with Gasteiger partial charge in [-0.25, -0.2) is 13.8 Å². The van der Waals surface area contributed by atoms with Crippen LogP contribution in [0.1, 0.15) is 57.5 Å². The van der Waals surface area contributed by atoms with Gasteiger partial charge >= 0.3 is 6.18 Å². The third-order valence-corrected chi connectivity index (χ3v) is 10.6. The van der Waals surface area contributed by atoms with Crippen LogP contribution in [-0.2, 0) is 29.7 Å². The molecule has 7 aromatic rings. The van der Waals surface area contributed by atoms with E-state index >= 15 is 8.78 Å². The van der Waals surface area contributed by atoms with Crippen molar-refractivity contribution < 1.29 is 41.0 Å². The molecular weight excluding hydrogens is 760 g/mol. The number of aromatic nitrogens is 4. The first-order valence-corrected chi connectivity index (χ1v) is 18.3. The van der Waals surface area contributed by atoms with Crippen LogP contribution in [0.5, 0.6) is 11.5 Å². The van der Waals surface area contributed by atoms with Crippen molar-refractivity contribution in [2.45, 2.75) is 51.3 Å². The van der Waals surface area contributed by atoms with Crippen LogP contribution in [0.2, 0.25) is 0 Å². The van der Waals surface area contributed by atoms with Gasteiger partial charge in [-0.3, -0.25) is 9.89 Å². The first kappa shape index (κ1) is 36.8. The van der Waals surface area contributed by atoms with Crippen molar-refractivity contribution in [2.75, 3.05) is 11.9 Å². The Morgan fingerprint density at radius 3 is 2.59 bits per heavy atom. The molecule has 292 valence electrons. The van der Waals surface area contributed by atoms with Gasteiger partial charge in [-0.15, -0.1) is 0 Å². The van der Waals surface area contributed by atoms with Crippen LogP contribution < -0.4 is 14.8 Å². The highest BCUT2D eigenvalue weighted by atomic mass is 19.4. The van der Waals surface area contributed by atoms with E-state index in [-0.39, 0.29) is 40.1 Å². The SMILES string of the molecule is Cc1n[nH]c2c(C(F)(F)F)cc(C(=O)Nc3ccc4c(c3)nc(Cc3ccc(-c5cccc6c5OC(C)(c5ccc(C#N)cc5F)O6)cc3F)n4C[C@@H]3CCO3)cc12. The third-order valence-electron chi connectivity index (χ3n) is 10.6. The number of carbonyl (C=O) groups is 1. The molecule has 4 heterocycles. The summed E-state index contributed by atoms with van der Waals surface area (Å²) < 4.78 is 92.8. The molecule has 1 saturated heterocycles. The van der Waals surface area contributed by atoms with Crippen LogP contribution in [0.15, 0.2) is 84.9 Å². The second-order valence-electron chi connectivity index (χ2n) is 14.4. The number of amides is 1. The molecule has 0 aliphatic carbocycles. The Bertz CT molecular complexity index is 2860. The summed E-state index contributed by atoms with van der Waals surface area (Å²) in [6, 6.07) is 23.0. The van der Waals surface area contributed by atoms with Crippen LogP contribution in [0, 0.1) is 29.9 Å². The highest BCUT2D eigenvalue weighted by Gasteiger charge is 2.42. The van der Waals surface area contributed by atoms with Gasteiger partial charge in [0.05, 0.1) is 57.7 Å². The van der Waals surface area contributed by atoms with Gasteiger partial charge in [0.15, 0.2) is 11.5 Å². The molecule has 0 spiro atoms. The Morgan fingerprint density at radius 1 is 1.03 bits per heavy atom. The second kappa shape index (κ2) is 13.7. The van der Waals surface area contributed by atoms with Crippen LogP contribution in [0.25, 0.3) is 33.1 Å². The number of H-pyrrole nitrogens is 1. The molecule has 0 saturated carbocycles. The number of ether oxygens (including phenoxy) is 3. The van der Waals surface area contributed by atoms with Crippen LogP contribution in [-0.4, -0.2) is 38.4 Å². The van der Waals surface area contributed by atoms with E-state index in [1.807, 2.05) is 10.6 Å². The zero-order chi connectivity index (χ0) is 40.5. The minimum Gasteiger partial charge on any atom is -0.444 e. The fraction of sp³-hybridized carbons (Fsp3) is 0.209. The van der Waals surface area contributed by atoms with Crippen molar-refractivity contribution in [3.05, 3.63) is 136 Å². The average molecular weight is 791 g/mol. The fourth-order valence-corrected chi connectivity index (χ4v) is 7.48. The number of benzene rings is 5. The minimum absolute atomic E-state index is 0.0716. The van der Waals surface area contributed by atoms with E-state index in [0.29, 0.717) is 69.6 Å². The maximum absolute atomic E-state index is 16.1. The van der Waals surface area contributed by atoms with Crippen LogP contribution in [0.3, 0.4) is 0 Å². The van der Waals surface area contributed by atoms with Crippen molar-refractivity contribution in [3.8, 4) is 28.7 Å². The molecule has 2 aliphatic heterocycles. The number of aromatic amines is 1. The predicted molar refractivity (Wildman–Crippen MR) is 202 cm³/mol. The van der Waals surface area contributed by atoms with E-state index in [1.165, 1.54) is 24.3 Å². The molecule has 1 amide bonds. The minimum atomic E-state index is -4.72. The first-order chi connectivity index (χ1) is 27.8. The smallest absolute Gasteiger partial charge is 0.418 e. The number of aryl methyl sites for hydroxylation is 1. The van der Waals surface area contributed by atoms with Crippen molar-refractivity contribution in [3.63, 3.8) is 0 Å². The van der Waals surface area contributed by atoms with E-state index in [1.54, 1.807) is 62.4 Å². The molecule has 15 heteroatoms. The number of anilines is 1. The molecule has 10 nitrogen and oxygen atoms in total. The number of nitrogens with one attached hydrogen (secondary N) is 2. The van der Waals surface area contributed by atoms with E-state index < -0.39 is 35.1 Å². The molecule has 0 bridgehead atoms. The molecule has 2 atom stereocenters. The Hall–Kier alpha value is -6.79. The lowest BCUT2D eigenvalue weighted by atomic mass is 10.0. The van der Waals surface area contributed by atoms with Gasteiger partial charge in [-0.2, -0.15) is 23.5 Å². The zero-order valence-electron chi connectivity index (χ0n) is 30.8. The number of nitriles is 1. The number of fused-ring (bicyclic) bond motifs is 3. The van der Waals surface area contributed by atoms with Gasteiger partial charge in [0.1, 0.15) is 17.5 Å². The normalized spacial score (nSPS) is 17.4. The molecule has 1 fully saturated rings. The maximum Gasteiger partial charge on any atom is 0.418 e. The summed E-state index contributed by atoms with van der Waals surface area (Å²) in [7, 11) is 0. The van der Waals surface area contributed by atoms with E-state index in [9.17, 15) is 18.0 Å². The highest BCUT2D eigenvalue weighted by molar-refractivity contribution is 6.07. The molecule has 2 N–H and O–H groups in total. The van der Waals surface area contributed by atoms with Crippen molar-refractivity contribution in [2.24, 2.45) is 0 Å². The zero-order valence-corrected chi connectivity index (χ0v) is 30.8. The lowest BCUT2D eigenvalue weighted by molar-refractivity contribution is -0.136. The second-order valence-corrected chi connectivity index (χ2v) is 14.4. The molecule has 5 aromatic carbocycles. The quantitative estimate of drug-likeness (QED) is 0.147. The lowest BCUT2D eigenvalue weighted by Gasteiger charge is -2.27. The van der Waals surface area contributed by atoms with Crippen LogP contribution in [0.4, 0.5) is 27.6 Å². The topological polar surface area (TPSA) is 127 Å². The maximum atomic E-state index is 16.1. The summed E-state index contributed by atoms with van der Waals surface area (Å²) in [5, 5.41) is 18.3. The largest absolute Gasteiger partial charge is 0.444 e. The van der Waals surface area contributed by atoms with Gasteiger partial charge in [0.2, 0.25) is 0 Å².